The number of thiazole rings is 1. The highest BCUT2D eigenvalue weighted by Crippen LogP contribution is 2.31. The van der Waals surface area contributed by atoms with Crippen LogP contribution in [0.25, 0.3) is 0 Å². The van der Waals surface area contributed by atoms with Gasteiger partial charge >= 0.3 is 5.97 Å². The number of allylic oxidation sites excluding steroid dienone is 2. The second kappa shape index (κ2) is 7.67. The van der Waals surface area contributed by atoms with Gasteiger partial charge in [0.1, 0.15) is 16.3 Å². The van der Waals surface area contributed by atoms with E-state index >= 15 is 0 Å². The van der Waals surface area contributed by atoms with Crippen molar-refractivity contribution < 1.29 is 19.1 Å². The van der Waals surface area contributed by atoms with Crippen LogP contribution in [0.2, 0.25) is 0 Å². The molecule has 3 heterocycles. The van der Waals surface area contributed by atoms with Gasteiger partial charge in [-0.1, -0.05) is 31.3 Å². The van der Waals surface area contributed by atoms with Gasteiger partial charge in [-0.25, -0.2) is 9.78 Å². The number of nitrogens with one attached hydrogen (secondary N) is 1. The first-order valence-corrected chi connectivity index (χ1v) is 9.74. The first kappa shape index (κ1) is 19.9. The molecule has 0 spiro atoms. The number of fused-ring (bicyclic) bond motifs is 1. The van der Waals surface area contributed by atoms with Crippen molar-refractivity contribution in [2.75, 3.05) is 11.9 Å². The molecule has 0 fully saturated rings. The predicted octanol–water partition coefficient (Wildman–Crippen LogP) is 2.68. The Balaban J connectivity index is 1.78. The number of carbonyl (C=O) groups excluding carboxylic acids is 3. The normalized spacial score (nSPS) is 20.8. The Morgan fingerprint density at radius 3 is 2.86 bits per heavy atom. The average Bonchev–Trinajstić information content (AvgIpc) is 2.99. The molecule has 1 unspecified atom stereocenters. The summed E-state index contributed by atoms with van der Waals surface area (Å²) in [6, 6.07) is 0. The third-order valence-corrected chi connectivity index (χ3v) is 5.40. The second-order valence-electron chi connectivity index (χ2n) is 7.26. The maximum atomic E-state index is 13.0. The summed E-state index contributed by atoms with van der Waals surface area (Å²) >= 11 is 1.06. The molecule has 3 rings (SSSR count). The Labute approximate surface area is 167 Å². The highest BCUT2D eigenvalue weighted by molar-refractivity contribution is 7.17. The molecule has 2 aliphatic heterocycles. The summed E-state index contributed by atoms with van der Waals surface area (Å²) in [6.07, 6.45) is 6.86. The van der Waals surface area contributed by atoms with E-state index in [2.05, 4.69) is 15.3 Å². The van der Waals surface area contributed by atoms with Crippen molar-refractivity contribution in [3.05, 3.63) is 35.0 Å². The highest BCUT2D eigenvalue weighted by atomic mass is 32.1. The number of ether oxygens (including phenoxy) is 1. The lowest BCUT2D eigenvalue weighted by molar-refractivity contribution is -0.130. The van der Waals surface area contributed by atoms with Crippen molar-refractivity contribution in [2.45, 2.75) is 39.7 Å². The Hall–Kier alpha value is -2.81. The van der Waals surface area contributed by atoms with E-state index in [1.807, 2.05) is 13.8 Å². The minimum atomic E-state index is -1.15. The third kappa shape index (κ3) is 3.89. The lowest BCUT2D eigenvalue weighted by atomic mass is 9.91. The van der Waals surface area contributed by atoms with Crippen LogP contribution in [0.1, 0.15) is 42.6 Å². The minimum Gasteiger partial charge on any atom is -0.461 e. The smallest absolute Gasteiger partial charge is 0.350 e. The fourth-order valence-electron chi connectivity index (χ4n) is 2.86. The molecule has 2 aliphatic rings. The zero-order valence-electron chi connectivity index (χ0n) is 16.2. The molecule has 1 aromatic rings. The maximum absolute atomic E-state index is 13.0. The van der Waals surface area contributed by atoms with Crippen LogP contribution < -0.4 is 5.32 Å². The molecule has 1 atom stereocenters. The Kier molecular flexibility index (Phi) is 5.46. The van der Waals surface area contributed by atoms with Crippen LogP contribution in [-0.4, -0.2) is 45.6 Å². The average molecular weight is 402 g/mol. The van der Waals surface area contributed by atoms with Crippen molar-refractivity contribution >= 4 is 40.1 Å². The van der Waals surface area contributed by atoms with Crippen LogP contribution in [0.4, 0.5) is 5.13 Å². The largest absolute Gasteiger partial charge is 0.461 e. The van der Waals surface area contributed by atoms with Crippen LogP contribution in [0.15, 0.2) is 29.4 Å². The SMILES string of the molecule is Cc1nc(NC(=O)C2(C)CC(=O)N=C3C=CC=CN32)sc1C(=O)OCC(C)C. The number of esters is 1. The van der Waals surface area contributed by atoms with Gasteiger partial charge in [-0.05, 0) is 31.9 Å². The van der Waals surface area contributed by atoms with Crippen molar-refractivity contribution in [1.29, 1.82) is 0 Å². The molecule has 9 heteroatoms. The molecule has 0 aromatic carbocycles. The molecule has 0 radical (unpaired) electrons. The number of carbonyl (C=O) groups is 3. The van der Waals surface area contributed by atoms with Gasteiger partial charge in [0.2, 0.25) is 0 Å². The summed E-state index contributed by atoms with van der Waals surface area (Å²) < 4.78 is 5.24. The fourth-order valence-corrected chi connectivity index (χ4v) is 3.71. The van der Waals surface area contributed by atoms with Crippen molar-refractivity contribution in [3.8, 4) is 0 Å². The van der Waals surface area contributed by atoms with Gasteiger partial charge in [0.25, 0.3) is 11.8 Å². The van der Waals surface area contributed by atoms with Gasteiger partial charge in [-0.3, -0.25) is 14.9 Å². The molecule has 148 valence electrons. The Bertz CT molecular complexity index is 915. The van der Waals surface area contributed by atoms with Gasteiger partial charge in [-0.2, -0.15) is 4.99 Å². The number of nitrogens with zero attached hydrogens (tertiary/aromatic N) is 3. The molecule has 8 nitrogen and oxygen atoms in total. The summed E-state index contributed by atoms with van der Waals surface area (Å²) in [5, 5.41) is 3.03. The first-order valence-electron chi connectivity index (χ1n) is 8.92. The maximum Gasteiger partial charge on any atom is 0.350 e. The zero-order valence-corrected chi connectivity index (χ0v) is 17.0. The number of aliphatic imine (C=N–C) groups is 1. The molecular weight excluding hydrogens is 380 g/mol. The Morgan fingerprint density at radius 1 is 1.39 bits per heavy atom. The molecule has 1 aromatic heterocycles. The molecule has 0 bridgehead atoms. The summed E-state index contributed by atoms with van der Waals surface area (Å²) in [4.78, 5) is 47.5. The lowest BCUT2D eigenvalue weighted by Crippen LogP contribution is -2.58. The fraction of sp³-hybridized carbons (Fsp3) is 0.421. The van der Waals surface area contributed by atoms with Crippen LogP contribution in [0.3, 0.4) is 0 Å². The van der Waals surface area contributed by atoms with Crippen molar-refractivity contribution in [3.63, 3.8) is 0 Å². The third-order valence-electron chi connectivity index (χ3n) is 4.34. The number of rotatable bonds is 5. The van der Waals surface area contributed by atoms with Crippen molar-refractivity contribution in [1.82, 2.24) is 9.88 Å². The van der Waals surface area contributed by atoms with Crippen LogP contribution in [0.5, 0.6) is 0 Å². The van der Waals surface area contributed by atoms with E-state index in [-0.39, 0.29) is 23.4 Å². The van der Waals surface area contributed by atoms with E-state index in [1.54, 1.807) is 43.2 Å². The summed E-state index contributed by atoms with van der Waals surface area (Å²) in [6.45, 7) is 7.58. The van der Waals surface area contributed by atoms with Crippen LogP contribution in [-0.2, 0) is 14.3 Å². The second-order valence-corrected chi connectivity index (χ2v) is 8.26. The number of anilines is 1. The van der Waals surface area contributed by atoms with Gasteiger partial charge in [0, 0.05) is 6.20 Å². The van der Waals surface area contributed by atoms with Crippen LogP contribution >= 0.6 is 11.3 Å². The summed E-state index contributed by atoms with van der Waals surface area (Å²) in [5.74, 6) is -0.574. The van der Waals surface area contributed by atoms with Gasteiger partial charge in [-0.15, -0.1) is 0 Å². The minimum absolute atomic E-state index is 0.0614. The molecule has 28 heavy (non-hydrogen) atoms. The monoisotopic (exact) mass is 402 g/mol. The van der Waals surface area contributed by atoms with E-state index in [4.69, 9.17) is 4.74 Å². The van der Waals surface area contributed by atoms with E-state index in [9.17, 15) is 14.4 Å². The first-order chi connectivity index (χ1) is 13.2. The molecule has 1 N–H and O–H groups in total. The zero-order chi connectivity index (χ0) is 20.5. The number of amidine groups is 1. The number of hydrogen-bond acceptors (Lipinski definition) is 7. The summed E-state index contributed by atoms with van der Waals surface area (Å²) in [5.41, 5.74) is -0.658. The number of hydrogen-bond donors (Lipinski definition) is 1. The molecule has 2 amide bonds. The van der Waals surface area contributed by atoms with E-state index in [1.165, 1.54) is 0 Å². The summed E-state index contributed by atoms with van der Waals surface area (Å²) in [7, 11) is 0. The Morgan fingerprint density at radius 2 is 2.14 bits per heavy atom. The van der Waals surface area contributed by atoms with Gasteiger partial charge < -0.3 is 9.64 Å². The van der Waals surface area contributed by atoms with Gasteiger partial charge in [0.15, 0.2) is 5.13 Å². The number of aryl methyl sites for hydroxylation is 1. The predicted molar refractivity (Wildman–Crippen MR) is 106 cm³/mol. The van der Waals surface area contributed by atoms with E-state index in [0.29, 0.717) is 23.0 Å². The van der Waals surface area contributed by atoms with E-state index < -0.39 is 17.4 Å². The molecule has 0 saturated carbocycles. The lowest BCUT2D eigenvalue weighted by Gasteiger charge is -2.41. The molecular formula is C19H22N4O4S. The number of amides is 2. The van der Waals surface area contributed by atoms with E-state index in [0.717, 1.165) is 11.3 Å². The van der Waals surface area contributed by atoms with Gasteiger partial charge in [0.05, 0.1) is 18.7 Å². The van der Waals surface area contributed by atoms with Crippen molar-refractivity contribution in [2.24, 2.45) is 10.9 Å². The quantitative estimate of drug-likeness (QED) is 0.760. The highest BCUT2D eigenvalue weighted by Gasteiger charge is 2.45. The molecule has 0 saturated heterocycles. The molecule has 0 aliphatic carbocycles. The number of aromatic nitrogens is 1. The van der Waals surface area contributed by atoms with Crippen LogP contribution in [0, 0.1) is 12.8 Å². The topological polar surface area (TPSA) is 101 Å². The standard InChI is InChI=1S/C19H22N4O4S/c1-11(2)10-27-16(25)15-12(3)20-18(28-15)22-17(26)19(4)9-14(24)21-13-7-5-6-8-23(13)19/h5-8,11H,9-10H2,1-4H3,(H,20,22,26).